The Kier molecular flexibility index (Phi) is 6.36. The van der Waals surface area contributed by atoms with Gasteiger partial charge in [0.05, 0.1) is 14.2 Å². The average molecular weight is 388 g/mol. The van der Waals surface area contributed by atoms with Gasteiger partial charge in [-0.1, -0.05) is 49.7 Å². The Morgan fingerprint density at radius 2 is 1.72 bits per heavy atom. The van der Waals surface area contributed by atoms with E-state index in [9.17, 15) is 5.26 Å². The van der Waals surface area contributed by atoms with E-state index in [0.29, 0.717) is 22.9 Å². The van der Waals surface area contributed by atoms with Gasteiger partial charge in [-0.25, -0.2) is 4.98 Å². The minimum atomic E-state index is 0.358. The van der Waals surface area contributed by atoms with Crippen molar-refractivity contribution in [1.82, 2.24) is 0 Å². The molecular formula is C24H26N3O2+. The van der Waals surface area contributed by atoms with Crippen molar-refractivity contribution in [2.75, 3.05) is 20.0 Å². The second-order valence-corrected chi connectivity index (χ2v) is 6.79. The molecule has 0 aliphatic rings. The molecule has 0 fully saturated rings. The summed E-state index contributed by atoms with van der Waals surface area (Å²) in [6, 6.07) is 18.1. The van der Waals surface area contributed by atoms with Crippen LogP contribution in [0, 0.1) is 11.3 Å². The number of pyridine rings is 1. The van der Waals surface area contributed by atoms with Crippen LogP contribution in [0.25, 0.3) is 22.4 Å². The standard InChI is InChI=1S/C24H25N3O2/c1-4-5-11-18-22(17-12-13-20(28-2)21(14-17)29-3)19(15-25)24(26)27-23(18)16-9-7-6-8-10-16/h6-10,12-14H,4-5,11H2,1-3H3,(H2,26,27)/p+1. The number of aromatic nitrogens is 1. The molecule has 0 unspecified atom stereocenters. The molecule has 1 aromatic heterocycles. The smallest absolute Gasteiger partial charge is 0.289 e. The zero-order valence-electron chi connectivity index (χ0n) is 17.1. The Morgan fingerprint density at radius 1 is 1.00 bits per heavy atom. The van der Waals surface area contributed by atoms with Gasteiger partial charge in [-0.2, -0.15) is 5.26 Å². The summed E-state index contributed by atoms with van der Waals surface area (Å²) in [7, 11) is 3.21. The summed E-state index contributed by atoms with van der Waals surface area (Å²) in [4.78, 5) is 3.28. The van der Waals surface area contributed by atoms with Gasteiger partial charge in [-0.05, 0) is 30.5 Å². The molecular weight excluding hydrogens is 362 g/mol. The van der Waals surface area contributed by atoms with Gasteiger partial charge in [0.2, 0.25) is 0 Å². The van der Waals surface area contributed by atoms with Crippen molar-refractivity contribution in [1.29, 1.82) is 5.26 Å². The lowest BCUT2D eigenvalue weighted by Crippen LogP contribution is -2.20. The van der Waals surface area contributed by atoms with Crippen LogP contribution in [0.15, 0.2) is 48.5 Å². The lowest BCUT2D eigenvalue weighted by molar-refractivity contribution is -0.347. The fraction of sp³-hybridized carbons (Fsp3) is 0.250. The van der Waals surface area contributed by atoms with Crippen molar-refractivity contribution in [3.05, 3.63) is 59.7 Å². The van der Waals surface area contributed by atoms with Crippen LogP contribution in [0.1, 0.15) is 30.9 Å². The van der Waals surface area contributed by atoms with Gasteiger partial charge >= 0.3 is 0 Å². The highest BCUT2D eigenvalue weighted by Gasteiger charge is 2.24. The summed E-state index contributed by atoms with van der Waals surface area (Å²) in [6.07, 6.45) is 2.88. The van der Waals surface area contributed by atoms with Crippen LogP contribution >= 0.6 is 0 Å². The number of nitrogens with one attached hydrogen (secondary N) is 1. The van der Waals surface area contributed by atoms with Gasteiger partial charge in [-0.15, -0.1) is 0 Å². The normalized spacial score (nSPS) is 10.4. The van der Waals surface area contributed by atoms with E-state index in [4.69, 9.17) is 15.2 Å². The predicted octanol–water partition coefficient (Wildman–Crippen LogP) is 4.65. The number of hydrogen-bond donors (Lipinski definition) is 1. The van der Waals surface area contributed by atoms with E-state index in [-0.39, 0.29) is 0 Å². The highest BCUT2D eigenvalue weighted by Crippen LogP contribution is 2.39. The first kappa shape index (κ1) is 20.2. The quantitative estimate of drug-likeness (QED) is 0.639. The van der Waals surface area contributed by atoms with Crippen LogP contribution in [0.2, 0.25) is 0 Å². The molecule has 3 aromatic rings. The van der Waals surface area contributed by atoms with Gasteiger partial charge < -0.3 is 9.47 Å². The molecule has 0 aliphatic carbocycles. The zero-order chi connectivity index (χ0) is 20.8. The highest BCUT2D eigenvalue weighted by molar-refractivity contribution is 5.83. The number of H-pyrrole nitrogens is 1. The molecule has 0 radical (unpaired) electrons. The summed E-state index contributed by atoms with van der Waals surface area (Å²) in [6.45, 7) is 2.16. The van der Waals surface area contributed by atoms with Crippen molar-refractivity contribution < 1.29 is 14.5 Å². The molecule has 5 heteroatoms. The van der Waals surface area contributed by atoms with Crippen LogP contribution in [-0.4, -0.2) is 14.2 Å². The van der Waals surface area contributed by atoms with Crippen LogP contribution in [-0.2, 0) is 6.42 Å². The molecule has 0 spiro atoms. The molecule has 1 heterocycles. The lowest BCUT2D eigenvalue weighted by Gasteiger charge is -2.17. The number of ether oxygens (including phenoxy) is 2. The Balaban J connectivity index is 2.34. The predicted molar refractivity (Wildman–Crippen MR) is 115 cm³/mol. The van der Waals surface area contributed by atoms with Gasteiger partial charge in [0, 0.05) is 16.7 Å². The molecule has 0 bridgehead atoms. The van der Waals surface area contributed by atoms with E-state index >= 15 is 0 Å². The topological polar surface area (TPSA) is 82.4 Å². The number of nitrogen functional groups attached to an aromatic ring is 1. The van der Waals surface area contributed by atoms with E-state index in [1.54, 1.807) is 14.2 Å². The summed E-state index contributed by atoms with van der Waals surface area (Å²) in [5.74, 6) is 1.61. The summed E-state index contributed by atoms with van der Waals surface area (Å²) < 4.78 is 10.9. The maximum Gasteiger partial charge on any atom is 0.289 e. The Morgan fingerprint density at radius 3 is 2.34 bits per heavy atom. The summed E-state index contributed by atoms with van der Waals surface area (Å²) >= 11 is 0. The Hall–Kier alpha value is -3.52. The minimum absolute atomic E-state index is 0.358. The first-order valence-electron chi connectivity index (χ1n) is 9.70. The molecule has 2 aromatic carbocycles. The number of nitrogens with two attached hydrogens (primary N) is 1. The second-order valence-electron chi connectivity index (χ2n) is 6.79. The molecule has 0 aliphatic heterocycles. The van der Waals surface area contributed by atoms with E-state index in [0.717, 1.165) is 47.2 Å². The molecule has 3 rings (SSSR count). The van der Waals surface area contributed by atoms with E-state index in [1.165, 1.54) is 0 Å². The third-order valence-electron chi connectivity index (χ3n) is 5.01. The first-order chi connectivity index (χ1) is 14.1. The Labute approximate surface area is 171 Å². The molecule has 0 saturated carbocycles. The molecule has 0 saturated heterocycles. The fourth-order valence-electron chi connectivity index (χ4n) is 3.56. The number of methoxy groups -OCH3 is 2. The molecule has 5 nitrogen and oxygen atoms in total. The van der Waals surface area contributed by atoms with Gasteiger partial charge in [0.25, 0.3) is 5.82 Å². The highest BCUT2D eigenvalue weighted by atomic mass is 16.5. The molecule has 3 N–H and O–H groups in total. The number of anilines is 1. The van der Waals surface area contributed by atoms with E-state index in [1.807, 2.05) is 48.5 Å². The van der Waals surface area contributed by atoms with Crippen molar-refractivity contribution >= 4 is 5.82 Å². The average Bonchev–Trinajstić information content (AvgIpc) is 2.77. The zero-order valence-corrected chi connectivity index (χ0v) is 17.1. The number of unbranched alkanes of at least 4 members (excludes halogenated alkanes) is 1. The summed E-state index contributed by atoms with van der Waals surface area (Å²) in [5, 5.41) is 9.89. The van der Waals surface area contributed by atoms with Crippen LogP contribution in [0.4, 0.5) is 5.82 Å². The number of nitrogens with zero attached hydrogens (tertiary/aromatic N) is 1. The van der Waals surface area contributed by atoms with Crippen LogP contribution < -0.4 is 20.2 Å². The number of nitriles is 1. The number of hydrogen-bond acceptors (Lipinski definition) is 4. The first-order valence-corrected chi connectivity index (χ1v) is 9.70. The molecule has 0 atom stereocenters. The fourth-order valence-corrected chi connectivity index (χ4v) is 3.56. The lowest BCUT2D eigenvalue weighted by atomic mass is 9.89. The SMILES string of the molecule is CCCCc1c(-c2ccccc2)[nH+]c(N)c(C#N)c1-c1ccc(OC)c(OC)c1. The van der Waals surface area contributed by atoms with Crippen molar-refractivity contribution in [3.63, 3.8) is 0 Å². The Bertz CT molecular complexity index is 1040. The second kappa shape index (κ2) is 9.11. The monoisotopic (exact) mass is 388 g/mol. The van der Waals surface area contributed by atoms with Gasteiger partial charge in [-0.3, -0.25) is 5.73 Å². The van der Waals surface area contributed by atoms with Crippen LogP contribution in [0.5, 0.6) is 11.5 Å². The third-order valence-corrected chi connectivity index (χ3v) is 5.01. The number of aromatic amines is 1. The molecule has 148 valence electrons. The molecule has 29 heavy (non-hydrogen) atoms. The third kappa shape index (κ3) is 4.02. The van der Waals surface area contributed by atoms with Crippen LogP contribution in [0.3, 0.4) is 0 Å². The number of benzene rings is 2. The largest absolute Gasteiger partial charge is 0.493 e. The summed E-state index contributed by atoms with van der Waals surface area (Å²) in [5.41, 5.74) is 11.5. The maximum absolute atomic E-state index is 9.89. The van der Waals surface area contributed by atoms with Crippen molar-refractivity contribution in [3.8, 4) is 40.0 Å². The number of rotatable bonds is 7. The van der Waals surface area contributed by atoms with Crippen molar-refractivity contribution in [2.45, 2.75) is 26.2 Å². The molecule has 0 amide bonds. The van der Waals surface area contributed by atoms with E-state index < -0.39 is 0 Å². The van der Waals surface area contributed by atoms with Crippen molar-refractivity contribution in [2.24, 2.45) is 0 Å². The van der Waals surface area contributed by atoms with Gasteiger partial charge in [0.1, 0.15) is 17.3 Å². The minimum Gasteiger partial charge on any atom is -0.493 e. The maximum atomic E-state index is 9.89. The van der Waals surface area contributed by atoms with Gasteiger partial charge in [0.15, 0.2) is 11.5 Å². The van der Waals surface area contributed by atoms with E-state index in [2.05, 4.69) is 18.0 Å².